The molecule has 2 aromatic heterocycles. The Kier molecular flexibility index (Phi) is 4.06. The number of likely N-dealkylation sites (N-methyl/N-ethyl adjacent to an activating group) is 1. The minimum absolute atomic E-state index is 0.0637. The third-order valence-electron chi connectivity index (χ3n) is 2.94. The van der Waals surface area contributed by atoms with Crippen LogP contribution in [0.25, 0.3) is 10.9 Å². The fourth-order valence-corrected chi connectivity index (χ4v) is 1.82. The number of fused-ring (bicyclic) bond motifs is 1. The molecule has 0 aromatic carbocycles. The lowest BCUT2D eigenvalue weighted by Gasteiger charge is -2.11. The maximum Gasteiger partial charge on any atom is 0.236 e. The van der Waals surface area contributed by atoms with Crippen LogP contribution in [-0.2, 0) is 11.3 Å². The molecule has 2 aromatic rings. The minimum Gasteiger partial charge on any atom is -0.348 e. The number of hydrogen-bond acceptors (Lipinski definition) is 4. The fourth-order valence-electron chi connectivity index (χ4n) is 1.82. The van der Waals surface area contributed by atoms with Gasteiger partial charge in [0, 0.05) is 38.4 Å². The van der Waals surface area contributed by atoms with E-state index in [2.05, 4.69) is 21.4 Å². The number of rotatable bonds is 4. The highest BCUT2D eigenvalue weighted by Gasteiger charge is 2.04. The van der Waals surface area contributed by atoms with Gasteiger partial charge in [0.15, 0.2) is 0 Å². The quantitative estimate of drug-likeness (QED) is 0.892. The highest BCUT2D eigenvalue weighted by Crippen LogP contribution is 2.14. The zero-order valence-corrected chi connectivity index (χ0v) is 11.5. The summed E-state index contributed by atoms with van der Waals surface area (Å²) in [7, 11) is 3.49. The van der Waals surface area contributed by atoms with Gasteiger partial charge in [0.1, 0.15) is 0 Å². The summed E-state index contributed by atoms with van der Waals surface area (Å²) in [4.78, 5) is 21.6. The van der Waals surface area contributed by atoms with Gasteiger partial charge in [-0.1, -0.05) is 0 Å². The lowest BCUT2D eigenvalue weighted by molar-refractivity contribution is -0.127. The largest absolute Gasteiger partial charge is 0.348 e. The van der Waals surface area contributed by atoms with Crippen molar-refractivity contribution in [3.8, 4) is 0 Å². The van der Waals surface area contributed by atoms with Crippen molar-refractivity contribution in [2.45, 2.75) is 13.5 Å². The SMILES string of the molecule is Cc1nccc2cc(CNCC(=O)N(C)C)cnc12. The van der Waals surface area contributed by atoms with E-state index in [1.165, 1.54) is 0 Å². The van der Waals surface area contributed by atoms with E-state index in [1.54, 1.807) is 25.2 Å². The van der Waals surface area contributed by atoms with Crippen molar-refractivity contribution in [2.75, 3.05) is 20.6 Å². The third-order valence-corrected chi connectivity index (χ3v) is 2.94. The Morgan fingerprint density at radius 1 is 1.37 bits per heavy atom. The number of pyridine rings is 2. The van der Waals surface area contributed by atoms with Gasteiger partial charge in [-0.2, -0.15) is 0 Å². The summed E-state index contributed by atoms with van der Waals surface area (Å²) in [5, 5.41) is 4.19. The molecule has 0 bridgehead atoms. The summed E-state index contributed by atoms with van der Waals surface area (Å²) >= 11 is 0. The molecule has 2 rings (SSSR count). The minimum atomic E-state index is 0.0637. The van der Waals surface area contributed by atoms with E-state index in [9.17, 15) is 4.79 Å². The smallest absolute Gasteiger partial charge is 0.236 e. The maximum atomic E-state index is 11.4. The molecule has 0 aliphatic rings. The van der Waals surface area contributed by atoms with Crippen LogP contribution in [0.3, 0.4) is 0 Å². The molecule has 0 unspecified atom stereocenters. The molecule has 19 heavy (non-hydrogen) atoms. The predicted octanol–water partition coefficient (Wildman–Crippen LogP) is 1.12. The topological polar surface area (TPSA) is 58.1 Å². The number of aromatic nitrogens is 2. The van der Waals surface area contributed by atoms with Crippen LogP contribution in [-0.4, -0.2) is 41.4 Å². The van der Waals surface area contributed by atoms with Gasteiger partial charge >= 0.3 is 0 Å². The van der Waals surface area contributed by atoms with Crippen molar-refractivity contribution in [2.24, 2.45) is 0 Å². The van der Waals surface area contributed by atoms with Crippen molar-refractivity contribution in [1.82, 2.24) is 20.2 Å². The Morgan fingerprint density at radius 3 is 2.89 bits per heavy atom. The molecule has 100 valence electrons. The second kappa shape index (κ2) is 5.75. The molecule has 5 nitrogen and oxygen atoms in total. The van der Waals surface area contributed by atoms with Crippen molar-refractivity contribution in [1.29, 1.82) is 0 Å². The predicted molar refractivity (Wildman–Crippen MR) is 74.7 cm³/mol. The van der Waals surface area contributed by atoms with E-state index in [4.69, 9.17) is 0 Å². The lowest BCUT2D eigenvalue weighted by Crippen LogP contribution is -2.32. The monoisotopic (exact) mass is 258 g/mol. The number of nitrogens with zero attached hydrogens (tertiary/aromatic N) is 3. The molecular weight excluding hydrogens is 240 g/mol. The van der Waals surface area contributed by atoms with Gasteiger partial charge in [-0.3, -0.25) is 14.8 Å². The maximum absolute atomic E-state index is 11.4. The number of aryl methyl sites for hydroxylation is 1. The molecule has 0 aliphatic heterocycles. The van der Waals surface area contributed by atoms with E-state index in [0.29, 0.717) is 13.1 Å². The number of amides is 1. The second-order valence-corrected chi connectivity index (χ2v) is 4.70. The first-order chi connectivity index (χ1) is 9.08. The summed E-state index contributed by atoms with van der Waals surface area (Å²) in [5.74, 6) is 0.0637. The van der Waals surface area contributed by atoms with Crippen molar-refractivity contribution < 1.29 is 4.79 Å². The van der Waals surface area contributed by atoms with Gasteiger partial charge in [0.2, 0.25) is 5.91 Å². The van der Waals surface area contributed by atoms with Crippen LogP contribution in [0.4, 0.5) is 0 Å². The molecular formula is C14H18N4O. The first kappa shape index (κ1) is 13.4. The van der Waals surface area contributed by atoms with Crippen LogP contribution in [0, 0.1) is 6.92 Å². The molecule has 1 amide bonds. The summed E-state index contributed by atoms with van der Waals surface area (Å²) in [5.41, 5.74) is 2.92. The van der Waals surface area contributed by atoms with Crippen molar-refractivity contribution >= 4 is 16.8 Å². The molecule has 2 heterocycles. The van der Waals surface area contributed by atoms with E-state index in [-0.39, 0.29) is 5.91 Å². The Morgan fingerprint density at radius 2 is 2.16 bits per heavy atom. The standard InChI is InChI=1S/C14H18N4O/c1-10-14-12(4-5-16-10)6-11(8-17-14)7-15-9-13(19)18(2)3/h4-6,8,15H,7,9H2,1-3H3. The Bertz CT molecular complexity index is 595. The van der Waals surface area contributed by atoms with Crippen LogP contribution in [0.2, 0.25) is 0 Å². The van der Waals surface area contributed by atoms with E-state index < -0.39 is 0 Å². The highest BCUT2D eigenvalue weighted by molar-refractivity contribution is 5.80. The van der Waals surface area contributed by atoms with Gasteiger partial charge in [0.05, 0.1) is 17.8 Å². The third kappa shape index (κ3) is 3.26. The number of carbonyl (C=O) groups excluding carboxylic acids is 1. The van der Waals surface area contributed by atoms with Crippen LogP contribution >= 0.6 is 0 Å². The highest BCUT2D eigenvalue weighted by atomic mass is 16.2. The van der Waals surface area contributed by atoms with Gasteiger partial charge in [-0.25, -0.2) is 0 Å². The Balaban J connectivity index is 2.04. The molecule has 0 radical (unpaired) electrons. The number of nitrogens with one attached hydrogen (secondary N) is 1. The molecule has 0 saturated heterocycles. The lowest BCUT2D eigenvalue weighted by atomic mass is 10.1. The first-order valence-electron chi connectivity index (χ1n) is 6.19. The van der Waals surface area contributed by atoms with Gasteiger partial charge in [0.25, 0.3) is 0 Å². The molecule has 0 aliphatic carbocycles. The molecule has 1 N–H and O–H groups in total. The average Bonchev–Trinajstić information content (AvgIpc) is 2.38. The van der Waals surface area contributed by atoms with E-state index in [0.717, 1.165) is 22.2 Å². The van der Waals surface area contributed by atoms with E-state index >= 15 is 0 Å². The molecule has 5 heteroatoms. The van der Waals surface area contributed by atoms with Gasteiger partial charge < -0.3 is 10.2 Å². The zero-order valence-electron chi connectivity index (χ0n) is 11.5. The van der Waals surface area contributed by atoms with Crippen LogP contribution in [0.5, 0.6) is 0 Å². The molecule has 0 atom stereocenters. The van der Waals surface area contributed by atoms with Crippen LogP contribution in [0.15, 0.2) is 24.5 Å². The van der Waals surface area contributed by atoms with E-state index in [1.807, 2.05) is 19.2 Å². The van der Waals surface area contributed by atoms with Crippen LogP contribution < -0.4 is 5.32 Å². The Labute approximate surface area is 112 Å². The van der Waals surface area contributed by atoms with Gasteiger partial charge in [-0.15, -0.1) is 0 Å². The number of hydrogen-bond donors (Lipinski definition) is 1. The Hall–Kier alpha value is -2.01. The van der Waals surface area contributed by atoms with Crippen LogP contribution in [0.1, 0.15) is 11.3 Å². The molecule has 0 spiro atoms. The normalized spacial score (nSPS) is 10.7. The first-order valence-corrected chi connectivity index (χ1v) is 6.19. The number of carbonyl (C=O) groups is 1. The molecule has 0 fully saturated rings. The average molecular weight is 258 g/mol. The second-order valence-electron chi connectivity index (χ2n) is 4.70. The summed E-state index contributed by atoms with van der Waals surface area (Å²) in [6, 6.07) is 4.02. The fraction of sp³-hybridized carbons (Fsp3) is 0.357. The van der Waals surface area contributed by atoms with Crippen molar-refractivity contribution in [3.05, 3.63) is 35.8 Å². The summed E-state index contributed by atoms with van der Waals surface area (Å²) in [6.45, 7) is 2.91. The zero-order chi connectivity index (χ0) is 13.8. The van der Waals surface area contributed by atoms with Crippen molar-refractivity contribution in [3.63, 3.8) is 0 Å². The van der Waals surface area contributed by atoms with Gasteiger partial charge in [-0.05, 0) is 24.6 Å². The molecule has 0 saturated carbocycles. The summed E-state index contributed by atoms with van der Waals surface area (Å²) in [6.07, 6.45) is 3.61. The summed E-state index contributed by atoms with van der Waals surface area (Å²) < 4.78 is 0.